The second-order valence-electron chi connectivity index (χ2n) is 9.22. The molecule has 0 unspecified atom stereocenters. The van der Waals surface area contributed by atoms with Gasteiger partial charge in [-0.15, -0.1) is 0 Å². The number of ketones is 3. The summed E-state index contributed by atoms with van der Waals surface area (Å²) in [5, 5.41) is 0. The Morgan fingerprint density at radius 1 is 0.610 bits per heavy atom. The topological polar surface area (TPSA) is 68.3 Å². The number of carbonyl (C=O) groups excluding carboxylic acids is 4. The molecule has 0 amide bonds. The average molecular weight is 594 g/mol. The zero-order valence-electron chi connectivity index (χ0n) is 25.1. The number of Topliss-reactive ketones (excluding diaryl/α,β-unsaturated/α-hetero) is 2. The number of carbonyl (C=O) groups is 4. The van der Waals surface area contributed by atoms with Gasteiger partial charge < -0.3 is 4.79 Å². The number of hydrogen-bond acceptors (Lipinski definition) is 4. The summed E-state index contributed by atoms with van der Waals surface area (Å²) in [6.07, 6.45) is 10.9. The maximum atomic E-state index is 11.2. The molecule has 3 rings (SSSR count). The molecule has 219 valence electrons. The Morgan fingerprint density at radius 2 is 1.07 bits per heavy atom. The van der Waals surface area contributed by atoms with Crippen LogP contribution in [0.5, 0.6) is 0 Å². The molecule has 0 spiro atoms. The van der Waals surface area contributed by atoms with Crippen LogP contribution >= 0.6 is 0 Å². The molecule has 0 aliphatic heterocycles. The summed E-state index contributed by atoms with van der Waals surface area (Å²) in [5.41, 5.74) is 3.06. The van der Waals surface area contributed by atoms with Crippen LogP contribution in [0.1, 0.15) is 94.1 Å². The molecule has 0 saturated carbocycles. The number of rotatable bonds is 12. The standard InChI is InChI=1S/C12H16O.C12H14O.C7H6O.C5H10O.V/c2*1-2-6-12(13)10-9-11-7-4-3-5-8-11;8-6-7-4-2-1-3-5-7;1-3-4-5(2)6;/h3-5,7-8H,2,6,9-10H2,1H3;3-5,7-10H,2,6H2,1H3;1-6H;3-4H2,1-2H3;/b;10-9+;;;. The van der Waals surface area contributed by atoms with E-state index in [1.165, 1.54) is 5.56 Å². The summed E-state index contributed by atoms with van der Waals surface area (Å²) < 4.78 is 0. The van der Waals surface area contributed by atoms with Gasteiger partial charge in [-0.2, -0.15) is 0 Å². The summed E-state index contributed by atoms with van der Waals surface area (Å²) in [7, 11) is 0. The molecule has 41 heavy (non-hydrogen) atoms. The second-order valence-corrected chi connectivity index (χ2v) is 9.22. The van der Waals surface area contributed by atoms with E-state index in [0.717, 1.165) is 55.9 Å². The molecule has 0 fully saturated rings. The zero-order chi connectivity index (χ0) is 29.8. The van der Waals surface area contributed by atoms with Crippen LogP contribution in [0.3, 0.4) is 0 Å². The monoisotopic (exact) mass is 593 g/mol. The first-order chi connectivity index (χ1) is 19.4. The van der Waals surface area contributed by atoms with Gasteiger partial charge in [0.25, 0.3) is 0 Å². The summed E-state index contributed by atoms with van der Waals surface area (Å²) >= 11 is 0. The first kappa shape index (κ1) is 39.8. The van der Waals surface area contributed by atoms with Crippen LogP contribution in [-0.2, 0) is 39.4 Å². The van der Waals surface area contributed by atoms with Crippen molar-refractivity contribution in [2.75, 3.05) is 0 Å². The summed E-state index contributed by atoms with van der Waals surface area (Å²) in [6.45, 7) is 7.67. The molecule has 4 nitrogen and oxygen atoms in total. The van der Waals surface area contributed by atoms with Crippen LogP contribution in [-0.4, -0.2) is 23.6 Å². The normalized spacial score (nSPS) is 9.37. The fourth-order valence-corrected chi connectivity index (χ4v) is 3.30. The maximum Gasteiger partial charge on any atom is 0.155 e. The number of aryl methyl sites for hydroxylation is 1. The Hall–Kier alpha value is -3.34. The van der Waals surface area contributed by atoms with Crippen molar-refractivity contribution in [3.05, 3.63) is 114 Å². The molecular formula is C36H46O4V. The maximum absolute atomic E-state index is 11.2. The molecule has 0 aliphatic rings. The van der Waals surface area contributed by atoms with E-state index in [-0.39, 0.29) is 30.1 Å². The molecule has 0 aliphatic carbocycles. The summed E-state index contributed by atoms with van der Waals surface area (Å²) in [5.74, 6) is 0.871. The zero-order valence-corrected chi connectivity index (χ0v) is 26.5. The first-order valence-electron chi connectivity index (χ1n) is 14.2. The SMILES string of the molecule is CCCC(=O)/C=C/c1ccccc1.CCCC(=O)CCc1ccccc1.CCCC(C)=O.O=Cc1ccccc1.[V]. The van der Waals surface area contributed by atoms with E-state index in [4.69, 9.17) is 0 Å². The van der Waals surface area contributed by atoms with Crippen molar-refractivity contribution >= 4 is 29.7 Å². The van der Waals surface area contributed by atoms with Gasteiger partial charge in [-0.3, -0.25) is 14.4 Å². The minimum absolute atomic E-state index is 0. The summed E-state index contributed by atoms with van der Waals surface area (Å²) in [6, 6.07) is 29.1. The molecule has 0 aromatic heterocycles. The van der Waals surface area contributed by atoms with E-state index in [1.54, 1.807) is 25.1 Å². The largest absolute Gasteiger partial charge is 0.300 e. The molecular weight excluding hydrogens is 547 g/mol. The van der Waals surface area contributed by atoms with Crippen molar-refractivity contribution in [2.24, 2.45) is 0 Å². The van der Waals surface area contributed by atoms with Crippen LogP contribution in [0.2, 0.25) is 0 Å². The van der Waals surface area contributed by atoms with Gasteiger partial charge in [-0.1, -0.05) is 118 Å². The van der Waals surface area contributed by atoms with Crippen molar-refractivity contribution in [3.8, 4) is 0 Å². The Kier molecular flexibility index (Phi) is 27.4. The first-order valence-corrected chi connectivity index (χ1v) is 14.2. The van der Waals surface area contributed by atoms with Crippen LogP contribution in [0.4, 0.5) is 0 Å². The van der Waals surface area contributed by atoms with Crippen molar-refractivity contribution in [1.29, 1.82) is 0 Å². The van der Waals surface area contributed by atoms with E-state index in [2.05, 4.69) is 12.1 Å². The smallest absolute Gasteiger partial charge is 0.155 e. The number of hydrogen-bond donors (Lipinski definition) is 0. The van der Waals surface area contributed by atoms with Gasteiger partial charge in [0.2, 0.25) is 0 Å². The molecule has 0 bridgehead atoms. The van der Waals surface area contributed by atoms with Crippen LogP contribution < -0.4 is 0 Å². The van der Waals surface area contributed by atoms with Crippen LogP contribution in [0.25, 0.3) is 6.08 Å². The third-order valence-corrected chi connectivity index (χ3v) is 5.36. The molecule has 3 aromatic rings. The average Bonchev–Trinajstić information content (AvgIpc) is 2.98. The Balaban J connectivity index is 0. The summed E-state index contributed by atoms with van der Waals surface area (Å²) in [4.78, 5) is 42.4. The molecule has 1 radical (unpaired) electrons. The predicted molar refractivity (Wildman–Crippen MR) is 167 cm³/mol. The van der Waals surface area contributed by atoms with E-state index in [9.17, 15) is 19.2 Å². The van der Waals surface area contributed by atoms with Gasteiger partial charge in [0.15, 0.2) is 5.78 Å². The molecule has 0 N–H and O–H groups in total. The second kappa shape index (κ2) is 28.2. The predicted octanol–water partition coefficient (Wildman–Crippen LogP) is 8.93. The van der Waals surface area contributed by atoms with Crippen molar-refractivity contribution < 1.29 is 37.7 Å². The third-order valence-electron chi connectivity index (χ3n) is 5.36. The third kappa shape index (κ3) is 25.4. The molecule has 0 atom stereocenters. The quantitative estimate of drug-likeness (QED) is 0.155. The van der Waals surface area contributed by atoms with E-state index in [0.29, 0.717) is 18.6 Å². The van der Waals surface area contributed by atoms with E-state index in [1.807, 2.05) is 93.6 Å². The van der Waals surface area contributed by atoms with Crippen molar-refractivity contribution in [2.45, 2.75) is 79.1 Å². The Labute approximate surface area is 259 Å². The number of aldehydes is 1. The molecule has 0 heterocycles. The van der Waals surface area contributed by atoms with E-state index < -0.39 is 0 Å². The van der Waals surface area contributed by atoms with Gasteiger partial charge in [0, 0.05) is 49.8 Å². The number of benzene rings is 3. The number of allylic oxidation sites excluding steroid dienone is 1. The van der Waals surface area contributed by atoms with Gasteiger partial charge in [-0.25, -0.2) is 0 Å². The van der Waals surface area contributed by atoms with Gasteiger partial charge in [0.05, 0.1) is 0 Å². The Bertz CT molecular complexity index is 1090. The van der Waals surface area contributed by atoms with Gasteiger partial charge in [-0.05, 0) is 49.8 Å². The molecule has 3 aromatic carbocycles. The fourth-order valence-electron chi connectivity index (χ4n) is 3.30. The van der Waals surface area contributed by atoms with Crippen molar-refractivity contribution in [1.82, 2.24) is 0 Å². The van der Waals surface area contributed by atoms with Crippen molar-refractivity contribution in [3.63, 3.8) is 0 Å². The fraction of sp³-hybridized carbons (Fsp3) is 0.333. The minimum Gasteiger partial charge on any atom is -0.300 e. The minimum atomic E-state index is 0. The molecule has 0 saturated heterocycles. The van der Waals surface area contributed by atoms with Crippen LogP contribution in [0.15, 0.2) is 97.1 Å². The van der Waals surface area contributed by atoms with E-state index >= 15 is 0 Å². The van der Waals surface area contributed by atoms with Crippen LogP contribution in [0, 0.1) is 0 Å². The van der Waals surface area contributed by atoms with Gasteiger partial charge in [0.1, 0.15) is 17.9 Å². The molecule has 5 heteroatoms. The Morgan fingerprint density at radius 3 is 1.46 bits per heavy atom. The van der Waals surface area contributed by atoms with Gasteiger partial charge >= 0.3 is 0 Å².